The average molecular weight is 281 g/mol. The number of carbonyl (C=O) groups is 2. The number of non-ortho nitro benzene ring substituents is 1. The molecule has 0 aliphatic rings. The third-order valence-corrected chi connectivity index (χ3v) is 2.92. The molecule has 0 amide bonds. The van der Waals surface area contributed by atoms with Gasteiger partial charge >= 0.3 is 5.97 Å². The van der Waals surface area contributed by atoms with E-state index in [0.29, 0.717) is 5.75 Å². The molecule has 0 bridgehead atoms. The molecule has 0 heterocycles. The van der Waals surface area contributed by atoms with Gasteiger partial charge in [-0.2, -0.15) is 0 Å². The van der Waals surface area contributed by atoms with E-state index < -0.39 is 10.9 Å². The number of rotatable bonds is 5. The maximum atomic E-state index is 11.0. The zero-order valence-corrected chi connectivity index (χ0v) is 10.8. The van der Waals surface area contributed by atoms with Gasteiger partial charge in [0, 0.05) is 24.8 Å². The van der Waals surface area contributed by atoms with E-state index in [9.17, 15) is 19.7 Å². The first-order chi connectivity index (χ1) is 8.91. The fourth-order valence-corrected chi connectivity index (χ4v) is 1.76. The monoisotopic (exact) mass is 281 g/mol. The third kappa shape index (κ3) is 4.55. The minimum atomic E-state index is -1.16. The summed E-state index contributed by atoms with van der Waals surface area (Å²) in [7, 11) is 0. The summed E-state index contributed by atoms with van der Waals surface area (Å²) < 4.78 is 0. The molecule has 0 unspecified atom stereocenters. The predicted octanol–water partition coefficient (Wildman–Crippen LogP) is 2.59. The van der Waals surface area contributed by atoms with E-state index in [0.717, 1.165) is 17.8 Å². The summed E-state index contributed by atoms with van der Waals surface area (Å²) in [6.45, 7) is 1.43. The van der Waals surface area contributed by atoms with Crippen molar-refractivity contribution < 1.29 is 19.6 Å². The van der Waals surface area contributed by atoms with E-state index in [-0.39, 0.29) is 21.9 Å². The number of nitrogens with zero attached hydrogens (tertiary/aromatic N) is 1. The molecule has 0 aromatic heterocycles. The molecule has 100 valence electrons. The minimum absolute atomic E-state index is 0.0188. The summed E-state index contributed by atoms with van der Waals surface area (Å²) in [6, 6.07) is 3.53. The molecule has 1 aromatic carbocycles. The summed E-state index contributed by atoms with van der Waals surface area (Å²) in [6.07, 6.45) is 3.06. The quantitative estimate of drug-likeness (QED) is 0.658. The van der Waals surface area contributed by atoms with E-state index in [1.807, 2.05) is 0 Å². The normalized spacial score (nSPS) is 10.6. The Morgan fingerprint density at radius 2 is 2.16 bits per heavy atom. The molecule has 0 aliphatic heterocycles. The molecule has 0 fully saturated rings. The minimum Gasteiger partial charge on any atom is -0.478 e. The van der Waals surface area contributed by atoms with Crippen molar-refractivity contribution in [3.05, 3.63) is 45.5 Å². The van der Waals surface area contributed by atoms with Gasteiger partial charge in [-0.05, 0) is 11.6 Å². The van der Waals surface area contributed by atoms with E-state index in [1.54, 1.807) is 6.08 Å². The lowest BCUT2D eigenvalue weighted by molar-refractivity contribution is -0.384. The largest absolute Gasteiger partial charge is 0.478 e. The van der Waals surface area contributed by atoms with E-state index in [4.69, 9.17) is 5.11 Å². The van der Waals surface area contributed by atoms with Crippen LogP contribution in [0.25, 0.3) is 6.08 Å². The Labute approximate surface area is 113 Å². The predicted molar refractivity (Wildman–Crippen MR) is 72.2 cm³/mol. The van der Waals surface area contributed by atoms with E-state index in [2.05, 4.69) is 0 Å². The SMILES string of the molecule is CC(=O)SCC=Cc1cc([N+](=O)[O-])ccc1C(=O)O. The first-order valence-electron chi connectivity index (χ1n) is 5.23. The van der Waals surface area contributed by atoms with Crippen molar-refractivity contribution in [2.75, 3.05) is 5.75 Å². The van der Waals surface area contributed by atoms with Crippen LogP contribution in [0.5, 0.6) is 0 Å². The lowest BCUT2D eigenvalue weighted by atomic mass is 10.1. The van der Waals surface area contributed by atoms with Gasteiger partial charge in [0.15, 0.2) is 5.12 Å². The van der Waals surface area contributed by atoms with Crippen LogP contribution in [-0.4, -0.2) is 26.9 Å². The molecule has 19 heavy (non-hydrogen) atoms. The number of aromatic carboxylic acids is 1. The first kappa shape index (κ1) is 14.9. The van der Waals surface area contributed by atoms with Crippen molar-refractivity contribution in [1.29, 1.82) is 0 Å². The Bertz CT molecular complexity index is 553. The van der Waals surface area contributed by atoms with Crippen molar-refractivity contribution in [1.82, 2.24) is 0 Å². The number of benzene rings is 1. The van der Waals surface area contributed by atoms with Gasteiger partial charge in [0.2, 0.25) is 0 Å². The third-order valence-electron chi connectivity index (χ3n) is 2.16. The van der Waals surface area contributed by atoms with Crippen LogP contribution >= 0.6 is 11.8 Å². The molecule has 0 radical (unpaired) electrons. The standard InChI is InChI=1S/C12H11NO5S/c1-8(14)19-6-2-3-9-7-10(13(17)18)4-5-11(9)12(15)16/h2-5,7H,6H2,1H3,(H,15,16). The summed E-state index contributed by atoms with van der Waals surface area (Å²) in [5.41, 5.74) is 0.0457. The molecule has 0 saturated carbocycles. The fourth-order valence-electron chi connectivity index (χ4n) is 1.34. The van der Waals surface area contributed by atoms with Crippen LogP contribution in [0.4, 0.5) is 5.69 Å². The smallest absolute Gasteiger partial charge is 0.336 e. The second kappa shape index (κ2) is 6.69. The fraction of sp³-hybridized carbons (Fsp3) is 0.167. The van der Waals surface area contributed by atoms with Crippen molar-refractivity contribution in [3.63, 3.8) is 0 Å². The molecule has 0 aliphatic carbocycles. The molecule has 0 atom stereocenters. The van der Waals surface area contributed by atoms with Crippen LogP contribution in [0.15, 0.2) is 24.3 Å². The lowest BCUT2D eigenvalue weighted by Gasteiger charge is -2.01. The van der Waals surface area contributed by atoms with Gasteiger partial charge in [-0.1, -0.05) is 23.9 Å². The van der Waals surface area contributed by atoms with Crippen molar-refractivity contribution >= 4 is 34.6 Å². The molecule has 1 rings (SSSR count). The van der Waals surface area contributed by atoms with Crippen molar-refractivity contribution in [3.8, 4) is 0 Å². The number of nitro benzene ring substituents is 1. The highest BCUT2D eigenvalue weighted by Gasteiger charge is 2.13. The number of carbonyl (C=O) groups excluding carboxylic acids is 1. The van der Waals surface area contributed by atoms with Gasteiger partial charge in [0.1, 0.15) is 0 Å². The van der Waals surface area contributed by atoms with Gasteiger partial charge in [0.05, 0.1) is 10.5 Å². The Balaban J connectivity index is 3.00. The maximum Gasteiger partial charge on any atom is 0.336 e. The molecule has 0 saturated heterocycles. The van der Waals surface area contributed by atoms with Crippen molar-refractivity contribution in [2.24, 2.45) is 0 Å². The number of carboxylic acid groups (broad SMARTS) is 1. The zero-order valence-electron chi connectivity index (χ0n) is 10.0. The highest BCUT2D eigenvalue weighted by Crippen LogP contribution is 2.19. The second-order valence-corrected chi connectivity index (χ2v) is 4.74. The highest BCUT2D eigenvalue weighted by atomic mass is 32.2. The Kier molecular flexibility index (Phi) is 5.25. The number of thioether (sulfide) groups is 1. The molecule has 1 N–H and O–H groups in total. The molecule has 6 nitrogen and oxygen atoms in total. The molecule has 0 spiro atoms. The number of hydrogen-bond donors (Lipinski definition) is 1. The van der Waals surface area contributed by atoms with Gasteiger partial charge in [-0.3, -0.25) is 14.9 Å². The molecule has 7 heteroatoms. The van der Waals surface area contributed by atoms with Crippen LogP contribution in [-0.2, 0) is 4.79 Å². The lowest BCUT2D eigenvalue weighted by Crippen LogP contribution is -2.00. The Hall–Kier alpha value is -2.15. The maximum absolute atomic E-state index is 11.0. The van der Waals surface area contributed by atoms with E-state index >= 15 is 0 Å². The number of hydrogen-bond acceptors (Lipinski definition) is 5. The van der Waals surface area contributed by atoms with Crippen LogP contribution in [0, 0.1) is 10.1 Å². The highest BCUT2D eigenvalue weighted by molar-refractivity contribution is 8.13. The van der Waals surface area contributed by atoms with Gasteiger partial charge < -0.3 is 5.11 Å². The summed E-state index contributed by atoms with van der Waals surface area (Å²) >= 11 is 1.07. The van der Waals surface area contributed by atoms with Crippen LogP contribution < -0.4 is 0 Å². The van der Waals surface area contributed by atoms with Gasteiger partial charge in [-0.25, -0.2) is 4.79 Å². The summed E-state index contributed by atoms with van der Waals surface area (Å²) in [5, 5.41) is 19.6. The Morgan fingerprint density at radius 1 is 1.47 bits per heavy atom. The first-order valence-corrected chi connectivity index (χ1v) is 6.22. The Morgan fingerprint density at radius 3 is 2.68 bits per heavy atom. The van der Waals surface area contributed by atoms with Crippen molar-refractivity contribution in [2.45, 2.75) is 6.92 Å². The summed E-state index contributed by atoms with van der Waals surface area (Å²) in [4.78, 5) is 31.7. The average Bonchev–Trinajstić information content (AvgIpc) is 2.33. The topological polar surface area (TPSA) is 97.5 Å². The number of carboxylic acids is 1. The van der Waals surface area contributed by atoms with Crippen LogP contribution in [0.3, 0.4) is 0 Å². The van der Waals surface area contributed by atoms with Gasteiger partial charge in [-0.15, -0.1) is 0 Å². The zero-order chi connectivity index (χ0) is 14.4. The van der Waals surface area contributed by atoms with Gasteiger partial charge in [0.25, 0.3) is 5.69 Å². The molecule has 1 aromatic rings. The molecular formula is C12H11NO5S. The van der Waals surface area contributed by atoms with Crippen LogP contribution in [0.1, 0.15) is 22.8 Å². The van der Waals surface area contributed by atoms with E-state index in [1.165, 1.54) is 25.1 Å². The number of nitro groups is 1. The van der Waals surface area contributed by atoms with Crippen LogP contribution in [0.2, 0.25) is 0 Å². The second-order valence-electron chi connectivity index (χ2n) is 3.54. The summed E-state index contributed by atoms with van der Waals surface area (Å²) in [5.74, 6) is -0.773. The molecular weight excluding hydrogens is 270 g/mol.